The van der Waals surface area contributed by atoms with Gasteiger partial charge in [-0.3, -0.25) is 0 Å². The van der Waals surface area contributed by atoms with Crippen LogP contribution in [0.5, 0.6) is 0 Å². The van der Waals surface area contributed by atoms with Gasteiger partial charge in [0.1, 0.15) is 29.1 Å². The van der Waals surface area contributed by atoms with Crippen LogP contribution in [-0.4, -0.2) is 183 Å². The summed E-state index contributed by atoms with van der Waals surface area (Å²) < 4.78 is 81.2. The number of carbonyl (C=O) groups excluding carboxylic acids is 2. The lowest BCUT2D eigenvalue weighted by Gasteiger charge is -2.32. The Morgan fingerprint density at radius 1 is 0.588 bits per heavy atom. The van der Waals surface area contributed by atoms with Gasteiger partial charge in [0.15, 0.2) is 0 Å². The molecule has 0 spiro atoms. The maximum atomic E-state index is 13.0. The lowest BCUT2D eigenvalue weighted by Crippen LogP contribution is -2.41. The Bertz CT molecular complexity index is 3450. The van der Waals surface area contributed by atoms with Gasteiger partial charge in [-0.2, -0.15) is 31.1 Å². The summed E-state index contributed by atoms with van der Waals surface area (Å²) in [6, 6.07) is 23.0. The number of nitrogens with two attached hydrogens (primary N) is 1. The summed E-state index contributed by atoms with van der Waals surface area (Å²) in [4.78, 5) is 48.8. The number of ether oxygens (including phenoxy) is 3. The molecule has 6 fully saturated rings. The molecule has 6 aliphatic heterocycles. The van der Waals surface area contributed by atoms with Crippen molar-refractivity contribution in [3.8, 4) is 11.1 Å². The zero-order chi connectivity index (χ0) is 73.5. The van der Waals surface area contributed by atoms with E-state index in [-0.39, 0.29) is 50.1 Å². The Hall–Kier alpha value is -5.22. The van der Waals surface area contributed by atoms with Crippen molar-refractivity contribution in [2.45, 2.75) is 178 Å². The molecule has 5 aromatic rings. The monoisotopic (exact) mass is 1670 g/mol. The van der Waals surface area contributed by atoms with Crippen molar-refractivity contribution in [3.05, 3.63) is 97.0 Å². The first-order chi connectivity index (χ1) is 46.7. The minimum atomic E-state index is -4.20. The third kappa shape index (κ3) is 28.6. The van der Waals surface area contributed by atoms with Crippen LogP contribution in [0, 0.1) is 38.8 Å². The second-order valence-corrected chi connectivity index (χ2v) is 33.0. The fourth-order valence-corrected chi connectivity index (χ4v) is 12.7. The molecule has 9 heterocycles. The number of amides is 4. The number of morpholine rings is 3. The van der Waals surface area contributed by atoms with Gasteiger partial charge in [0, 0.05) is 113 Å². The fraction of sp³-hybridized carbons (Fsp3) is 0.608. The molecule has 6 saturated heterocycles. The van der Waals surface area contributed by atoms with E-state index >= 15 is 0 Å². The maximum absolute atomic E-state index is 13.0. The zero-order valence-electron chi connectivity index (χ0n) is 62.1. The van der Waals surface area contributed by atoms with Gasteiger partial charge >= 0.3 is 25.4 Å². The Morgan fingerprint density at radius 3 is 1.42 bits per heavy atom. The number of aryl methyl sites for hydroxylation is 2. The number of benzene rings is 2. The third-order valence-corrected chi connectivity index (χ3v) is 18.7. The molecule has 0 radical (unpaired) electrons. The largest absolute Gasteiger partial charge is 0.495 e. The molecule has 2 aromatic carbocycles. The molecule has 0 unspecified atom stereocenters. The summed E-state index contributed by atoms with van der Waals surface area (Å²) in [7, 11) is -0.556. The number of carbonyl (C=O) groups is 2. The average Bonchev–Trinajstić information content (AvgIpc) is 1.59. The highest BCUT2D eigenvalue weighted by Crippen LogP contribution is 2.38. The van der Waals surface area contributed by atoms with E-state index in [1.54, 1.807) is 12.1 Å². The number of hydrogen-bond donors (Lipinski definition) is 5. The van der Waals surface area contributed by atoms with Gasteiger partial charge in [-0.15, -0.1) is 0 Å². The quantitative estimate of drug-likeness (QED) is 0.0360. The molecule has 2 atom stereocenters. The highest BCUT2D eigenvalue weighted by atomic mass is 127. The number of halogens is 6. The van der Waals surface area contributed by atoms with E-state index in [4.69, 9.17) is 39.2 Å². The highest BCUT2D eigenvalue weighted by Gasteiger charge is 2.52. The lowest BCUT2D eigenvalue weighted by molar-refractivity contribution is -0.143. The second-order valence-electron chi connectivity index (χ2n) is 30.5. The van der Waals surface area contributed by atoms with Gasteiger partial charge in [0.25, 0.3) is 0 Å². The summed E-state index contributed by atoms with van der Waals surface area (Å²) in [5.74, 6) is 4.14. The van der Waals surface area contributed by atoms with Gasteiger partial charge in [0.2, 0.25) is 5.95 Å². The lowest BCUT2D eigenvalue weighted by atomic mass is 9.76. The summed E-state index contributed by atoms with van der Waals surface area (Å²) in [6.07, 6.45) is -2.48. The normalized spacial score (nSPS) is 18.9. The van der Waals surface area contributed by atoms with Crippen LogP contribution in [-0.2, 0) is 23.5 Å². The molecule has 20 nitrogen and oxygen atoms in total. The van der Waals surface area contributed by atoms with Crippen LogP contribution in [0.15, 0.2) is 72.8 Å². The molecule has 0 aliphatic carbocycles. The first-order valence-electron chi connectivity index (χ1n) is 34.8. The van der Waals surface area contributed by atoms with Crippen LogP contribution in [0.25, 0.3) is 11.1 Å². The number of hydrogen-bond acceptors (Lipinski definition) is 16. The Kier molecular flexibility index (Phi) is 32.9. The second kappa shape index (κ2) is 38.4. The van der Waals surface area contributed by atoms with Crippen molar-refractivity contribution >= 4 is 124 Å². The number of aromatic nitrogens is 3. The Balaban J connectivity index is 0.000000249. The van der Waals surface area contributed by atoms with Crippen LogP contribution in [0.2, 0.25) is 0 Å². The average molecular weight is 1670 g/mol. The SMILES string of the molecule is C.CC(C)(C)N.CC(C)(C)Nc1cc(I)cc(N2CCOCC2)n1.CC[C@@H]1CCN(C(=O)Nc2ccc(C)c(-c3cc(NC(C)(C)C)nc(N4CCOCC4)c3)c2)C1.Cc1ccc(NC(=O)N2CC[C@@H](CC(F)(F)F)C2)cc1B1OC(C)(C)C(C)(C)O1.Fc1cc(I)cc(N2CCOCC2)n1.S. The van der Waals surface area contributed by atoms with Gasteiger partial charge in [-0.05, 0) is 250 Å². The molecule has 102 heavy (non-hydrogen) atoms. The van der Waals surface area contributed by atoms with Crippen LogP contribution >= 0.6 is 58.7 Å². The predicted octanol–water partition coefficient (Wildman–Crippen LogP) is 15.4. The number of urea groups is 2. The van der Waals surface area contributed by atoms with Crippen LogP contribution in [0.4, 0.5) is 67.6 Å². The van der Waals surface area contributed by atoms with E-state index in [2.05, 4.69) is 173 Å². The first kappa shape index (κ1) is 87.4. The molecule has 568 valence electrons. The van der Waals surface area contributed by atoms with Crippen molar-refractivity contribution in [1.82, 2.24) is 24.8 Å². The molecule has 0 saturated carbocycles. The maximum Gasteiger partial charge on any atom is 0.495 e. The van der Waals surface area contributed by atoms with Crippen LogP contribution < -0.4 is 47.2 Å². The number of pyridine rings is 3. The van der Waals surface area contributed by atoms with E-state index in [1.165, 1.54) is 14.5 Å². The molecule has 28 heteroatoms. The van der Waals surface area contributed by atoms with E-state index in [9.17, 15) is 27.2 Å². The van der Waals surface area contributed by atoms with Gasteiger partial charge in [-0.1, -0.05) is 38.5 Å². The standard InChI is InChI=1S/C27H39N5O2.C20H28BF3N2O3.C13H20IN3O.C9H10FIN2O.C4H11N.CH4.H2S/c1-6-20-9-10-32(18-20)26(33)28-22-8-7-19(2)23(17-22)21-15-24(30-27(3,4)5)29-25(16-21)31-11-13-34-14-12-31;1-13-6-7-15(10-16(13)21-28-18(2,3)19(4,5)29-21)25-17(27)26-9-8-14(12-26)11-20(22,23)24;1-13(2,3)16-11-8-10(14)9-12(15-11)17-4-6-18-7-5-17;10-8-5-7(11)6-9(12-8)13-1-3-14-4-2-13;1-4(2,3)5;;/h7-8,15-17,20H,6,9-14,18H2,1-5H3,(H,28,33)(H,29,30);6-7,10,14H,8-9,11-12H2,1-5H3,(H,25,27);8-9H,4-7H2,1-3H3,(H,15,16);5-6H,1-4H2;5H2,1-3H3;1H4;1H2/t20-;14-;;;;;/m10...../s1. The Labute approximate surface area is 639 Å². The molecule has 11 rings (SSSR count). The zero-order valence-corrected chi connectivity index (χ0v) is 67.4. The molecule has 6 aliphatic rings. The van der Waals surface area contributed by atoms with Crippen molar-refractivity contribution in [3.63, 3.8) is 0 Å². The number of nitrogens with one attached hydrogen (secondary N) is 4. The Morgan fingerprint density at radius 2 is 0.990 bits per heavy atom. The predicted molar refractivity (Wildman–Crippen MR) is 430 cm³/mol. The molecular weight excluding hydrogens is 1560 g/mol. The van der Waals surface area contributed by atoms with E-state index in [1.807, 2.05) is 83.4 Å². The van der Waals surface area contributed by atoms with Crippen molar-refractivity contribution < 1.29 is 50.7 Å². The first-order valence-corrected chi connectivity index (χ1v) is 37.0. The minimum Gasteiger partial charge on any atom is -0.399 e. The fourth-order valence-electron chi connectivity index (χ4n) is 11.6. The van der Waals surface area contributed by atoms with Gasteiger partial charge in [-0.25, -0.2) is 24.5 Å². The van der Waals surface area contributed by atoms with Crippen molar-refractivity contribution in [2.75, 3.05) is 141 Å². The van der Waals surface area contributed by atoms with E-state index < -0.39 is 48.8 Å². The van der Waals surface area contributed by atoms with Gasteiger partial charge in [0.05, 0.1) is 50.8 Å². The summed E-state index contributed by atoms with van der Waals surface area (Å²) in [6.45, 7) is 44.4. The molecule has 3 aromatic heterocycles. The van der Waals surface area contributed by atoms with Crippen LogP contribution in [0.1, 0.15) is 141 Å². The van der Waals surface area contributed by atoms with Crippen molar-refractivity contribution in [2.24, 2.45) is 17.6 Å². The molecule has 4 amide bonds. The molecule has 0 bridgehead atoms. The van der Waals surface area contributed by atoms with Gasteiger partial charge < -0.3 is 75.0 Å². The number of alkyl halides is 3. The summed E-state index contributed by atoms with van der Waals surface area (Å²) >= 11 is 4.43. The topological polar surface area (TPSA) is 209 Å². The number of rotatable bonds is 11. The van der Waals surface area contributed by atoms with Crippen LogP contribution in [0.3, 0.4) is 0 Å². The summed E-state index contributed by atoms with van der Waals surface area (Å²) in [5.41, 5.74) is 10.8. The van der Waals surface area contributed by atoms with E-state index in [0.717, 1.165) is 139 Å². The number of likely N-dealkylation sites (tertiary alicyclic amines) is 2. The molecule has 6 N–H and O–H groups in total. The summed E-state index contributed by atoms with van der Waals surface area (Å²) in [5, 5.41) is 12.9. The van der Waals surface area contributed by atoms with E-state index in [0.29, 0.717) is 56.8 Å². The molecular formula is C74H114BF4I2N13O7S. The highest BCUT2D eigenvalue weighted by molar-refractivity contribution is 14.1. The minimum absolute atomic E-state index is 0. The number of nitrogens with zero attached hydrogens (tertiary/aromatic N) is 8. The number of anilines is 7. The van der Waals surface area contributed by atoms with Crippen molar-refractivity contribution in [1.29, 1.82) is 0 Å². The third-order valence-electron chi connectivity index (χ3n) is 17.4. The smallest absolute Gasteiger partial charge is 0.399 e.